The molecule has 0 unspecified atom stereocenters. The van der Waals surface area contributed by atoms with E-state index in [1.165, 1.54) is 25.1 Å². The molecule has 1 aliphatic rings. The molecule has 2 rings (SSSR count). The lowest BCUT2D eigenvalue weighted by atomic mass is 10.1. The minimum atomic E-state index is -0.318. The quantitative estimate of drug-likeness (QED) is 0.766. The Kier molecular flexibility index (Phi) is 5.88. The highest BCUT2D eigenvalue weighted by atomic mass is 35.5. The van der Waals surface area contributed by atoms with Crippen molar-refractivity contribution in [1.82, 2.24) is 15.6 Å². The van der Waals surface area contributed by atoms with E-state index in [1.807, 2.05) is 0 Å². The number of hydrogen-bond donors (Lipinski definition) is 3. The summed E-state index contributed by atoms with van der Waals surface area (Å²) in [4.78, 5) is 15.5. The van der Waals surface area contributed by atoms with Gasteiger partial charge in [0, 0.05) is 18.8 Å². The summed E-state index contributed by atoms with van der Waals surface area (Å²) in [5, 5.41) is 15.6. The molecule has 0 bridgehead atoms. The highest BCUT2D eigenvalue weighted by molar-refractivity contribution is 5.94. The van der Waals surface area contributed by atoms with E-state index in [9.17, 15) is 9.90 Å². The zero-order chi connectivity index (χ0) is 12.1. The molecule has 1 amide bonds. The smallest absolute Gasteiger partial charge is 0.273 e. The molecule has 5 nitrogen and oxygen atoms in total. The molecule has 1 aliphatic heterocycles. The van der Waals surface area contributed by atoms with Crippen molar-refractivity contribution in [2.75, 3.05) is 13.1 Å². The van der Waals surface area contributed by atoms with Gasteiger partial charge in [-0.2, -0.15) is 0 Å². The van der Waals surface area contributed by atoms with Gasteiger partial charge in [-0.25, -0.2) is 4.98 Å². The van der Waals surface area contributed by atoms with Crippen LogP contribution in [0.4, 0.5) is 0 Å². The Morgan fingerprint density at radius 2 is 2.44 bits per heavy atom. The summed E-state index contributed by atoms with van der Waals surface area (Å²) in [5.41, 5.74) is 0.0897. The van der Waals surface area contributed by atoms with Crippen LogP contribution in [0.1, 0.15) is 29.8 Å². The van der Waals surface area contributed by atoms with Gasteiger partial charge in [-0.15, -0.1) is 12.4 Å². The van der Waals surface area contributed by atoms with E-state index in [-0.39, 0.29) is 29.8 Å². The molecule has 100 valence electrons. The Hall–Kier alpha value is -1.33. The fourth-order valence-electron chi connectivity index (χ4n) is 2.02. The molecule has 0 saturated carbocycles. The van der Waals surface area contributed by atoms with Gasteiger partial charge in [-0.05, 0) is 37.9 Å². The first-order valence-electron chi connectivity index (χ1n) is 5.93. The van der Waals surface area contributed by atoms with E-state index in [2.05, 4.69) is 15.6 Å². The van der Waals surface area contributed by atoms with Crippen LogP contribution < -0.4 is 10.6 Å². The average Bonchev–Trinajstić information content (AvgIpc) is 2.82. The van der Waals surface area contributed by atoms with Gasteiger partial charge in [-0.3, -0.25) is 4.79 Å². The summed E-state index contributed by atoms with van der Waals surface area (Å²) in [7, 11) is 0. The van der Waals surface area contributed by atoms with Crippen LogP contribution in [0.25, 0.3) is 0 Å². The summed E-state index contributed by atoms with van der Waals surface area (Å²) >= 11 is 0. The SMILES string of the molecule is Cl.O=C(NCC[C@H]1CCCN1)c1ncccc1O. The van der Waals surface area contributed by atoms with Gasteiger partial charge in [0.2, 0.25) is 0 Å². The summed E-state index contributed by atoms with van der Waals surface area (Å²) in [6.07, 6.45) is 4.79. The number of pyridine rings is 1. The molecule has 2 heterocycles. The van der Waals surface area contributed by atoms with Crippen molar-refractivity contribution in [3.05, 3.63) is 24.0 Å². The Balaban J connectivity index is 0.00000162. The monoisotopic (exact) mass is 271 g/mol. The fourth-order valence-corrected chi connectivity index (χ4v) is 2.02. The number of rotatable bonds is 4. The maximum absolute atomic E-state index is 11.7. The number of halogens is 1. The van der Waals surface area contributed by atoms with Crippen LogP contribution in [0.2, 0.25) is 0 Å². The van der Waals surface area contributed by atoms with Crippen LogP contribution in [0.5, 0.6) is 5.75 Å². The third kappa shape index (κ3) is 3.85. The number of amides is 1. The minimum Gasteiger partial charge on any atom is -0.505 e. The van der Waals surface area contributed by atoms with Crippen molar-refractivity contribution in [2.45, 2.75) is 25.3 Å². The van der Waals surface area contributed by atoms with E-state index < -0.39 is 0 Å². The van der Waals surface area contributed by atoms with Gasteiger partial charge in [0.25, 0.3) is 5.91 Å². The van der Waals surface area contributed by atoms with Gasteiger partial charge in [0.05, 0.1) is 0 Å². The van der Waals surface area contributed by atoms with Crippen molar-refractivity contribution in [3.8, 4) is 5.75 Å². The predicted octanol–water partition coefficient (Wildman–Crippen LogP) is 1.08. The predicted molar refractivity (Wildman–Crippen MR) is 71.1 cm³/mol. The maximum Gasteiger partial charge on any atom is 0.273 e. The van der Waals surface area contributed by atoms with Crippen LogP contribution in [-0.2, 0) is 0 Å². The molecular formula is C12H18ClN3O2. The van der Waals surface area contributed by atoms with Crippen LogP contribution in [0, 0.1) is 0 Å². The van der Waals surface area contributed by atoms with Crippen LogP contribution in [0.15, 0.2) is 18.3 Å². The first-order chi connectivity index (χ1) is 8.27. The van der Waals surface area contributed by atoms with E-state index >= 15 is 0 Å². The number of carbonyl (C=O) groups excluding carboxylic acids is 1. The standard InChI is InChI=1S/C12H17N3O2.ClH/c16-10-4-2-7-14-11(10)12(17)15-8-5-9-3-1-6-13-9;/h2,4,7,9,13,16H,1,3,5-6,8H2,(H,15,17);1H/t9-;/m1./s1. The molecule has 1 fully saturated rings. The van der Waals surface area contributed by atoms with Crippen LogP contribution >= 0.6 is 12.4 Å². The number of nitrogens with one attached hydrogen (secondary N) is 2. The number of aromatic hydroxyl groups is 1. The van der Waals surface area contributed by atoms with Crippen molar-refractivity contribution in [1.29, 1.82) is 0 Å². The molecule has 1 atom stereocenters. The van der Waals surface area contributed by atoms with Crippen molar-refractivity contribution in [2.24, 2.45) is 0 Å². The lowest BCUT2D eigenvalue weighted by Crippen LogP contribution is -2.31. The zero-order valence-corrected chi connectivity index (χ0v) is 10.9. The molecule has 1 saturated heterocycles. The van der Waals surface area contributed by atoms with E-state index in [0.29, 0.717) is 12.6 Å². The topological polar surface area (TPSA) is 74.2 Å². The Labute approximate surface area is 112 Å². The van der Waals surface area contributed by atoms with Crippen molar-refractivity contribution >= 4 is 18.3 Å². The minimum absolute atomic E-state index is 0. The fraction of sp³-hybridized carbons (Fsp3) is 0.500. The number of hydrogen-bond acceptors (Lipinski definition) is 4. The van der Waals surface area contributed by atoms with Gasteiger partial charge in [0.1, 0.15) is 5.75 Å². The summed E-state index contributed by atoms with van der Waals surface area (Å²) in [6.45, 7) is 1.67. The molecule has 1 aromatic heterocycles. The maximum atomic E-state index is 11.7. The largest absolute Gasteiger partial charge is 0.505 e. The molecule has 0 radical (unpaired) electrons. The van der Waals surface area contributed by atoms with Gasteiger partial charge >= 0.3 is 0 Å². The Morgan fingerprint density at radius 1 is 1.61 bits per heavy atom. The van der Waals surface area contributed by atoms with E-state index in [0.717, 1.165) is 13.0 Å². The first kappa shape index (κ1) is 14.7. The third-order valence-electron chi connectivity index (χ3n) is 2.94. The third-order valence-corrected chi connectivity index (χ3v) is 2.94. The Bertz CT molecular complexity index is 395. The van der Waals surface area contributed by atoms with Gasteiger partial charge < -0.3 is 15.7 Å². The zero-order valence-electron chi connectivity index (χ0n) is 10.1. The lowest BCUT2D eigenvalue weighted by Gasteiger charge is -2.10. The summed E-state index contributed by atoms with van der Waals surface area (Å²) in [6, 6.07) is 3.56. The molecule has 0 spiro atoms. The van der Waals surface area contributed by atoms with Crippen LogP contribution in [-0.4, -0.2) is 35.1 Å². The lowest BCUT2D eigenvalue weighted by molar-refractivity contribution is 0.0944. The van der Waals surface area contributed by atoms with E-state index in [4.69, 9.17) is 0 Å². The normalized spacial score (nSPS) is 18.1. The van der Waals surface area contributed by atoms with Crippen molar-refractivity contribution in [3.63, 3.8) is 0 Å². The van der Waals surface area contributed by atoms with Gasteiger partial charge in [-0.1, -0.05) is 0 Å². The molecule has 3 N–H and O–H groups in total. The molecule has 6 heteroatoms. The summed E-state index contributed by atoms with van der Waals surface area (Å²) < 4.78 is 0. The number of nitrogens with zero attached hydrogens (tertiary/aromatic N) is 1. The molecular weight excluding hydrogens is 254 g/mol. The van der Waals surface area contributed by atoms with E-state index in [1.54, 1.807) is 6.07 Å². The average molecular weight is 272 g/mol. The van der Waals surface area contributed by atoms with Gasteiger partial charge in [0.15, 0.2) is 5.69 Å². The second kappa shape index (κ2) is 7.18. The molecule has 18 heavy (non-hydrogen) atoms. The molecule has 0 aliphatic carbocycles. The number of aromatic nitrogens is 1. The summed E-state index contributed by atoms with van der Waals surface area (Å²) in [5.74, 6) is -0.398. The second-order valence-electron chi connectivity index (χ2n) is 4.21. The highest BCUT2D eigenvalue weighted by Gasteiger charge is 2.15. The highest BCUT2D eigenvalue weighted by Crippen LogP contribution is 2.12. The Morgan fingerprint density at radius 3 is 3.11 bits per heavy atom. The number of carbonyl (C=O) groups is 1. The van der Waals surface area contributed by atoms with Crippen molar-refractivity contribution < 1.29 is 9.90 Å². The van der Waals surface area contributed by atoms with Crippen LogP contribution in [0.3, 0.4) is 0 Å². The molecule has 0 aromatic carbocycles. The molecule has 1 aromatic rings. The first-order valence-corrected chi connectivity index (χ1v) is 5.93. The second-order valence-corrected chi connectivity index (χ2v) is 4.21.